The molecule has 0 heterocycles. The number of rotatable bonds is 9. The van der Waals surface area contributed by atoms with Crippen molar-refractivity contribution in [3.63, 3.8) is 0 Å². The first-order valence-corrected chi connectivity index (χ1v) is 6.75. The van der Waals surface area contributed by atoms with E-state index in [1.807, 2.05) is 19.1 Å². The van der Waals surface area contributed by atoms with E-state index < -0.39 is 0 Å². The Labute approximate surface area is 110 Å². The first-order valence-electron chi connectivity index (χ1n) is 6.75. The minimum atomic E-state index is 0.528. The van der Waals surface area contributed by atoms with Gasteiger partial charge < -0.3 is 14.8 Å². The molecular weight excluding hydrogens is 226 g/mol. The Morgan fingerprint density at radius 1 is 1.11 bits per heavy atom. The highest BCUT2D eigenvalue weighted by Gasteiger charge is 1.96. The molecule has 3 nitrogen and oxygen atoms in total. The second-order valence-electron chi connectivity index (χ2n) is 4.55. The van der Waals surface area contributed by atoms with Crippen molar-refractivity contribution in [1.29, 1.82) is 0 Å². The smallest absolute Gasteiger partial charge is 0.119 e. The predicted octanol–water partition coefficient (Wildman–Crippen LogP) is 2.64. The summed E-state index contributed by atoms with van der Waals surface area (Å²) in [7, 11) is 0. The lowest BCUT2D eigenvalue weighted by Gasteiger charge is -2.09. The average molecular weight is 251 g/mol. The Morgan fingerprint density at radius 3 is 2.44 bits per heavy atom. The van der Waals surface area contributed by atoms with Crippen molar-refractivity contribution in [3.8, 4) is 5.75 Å². The van der Waals surface area contributed by atoms with E-state index in [2.05, 4.69) is 31.3 Å². The summed E-state index contributed by atoms with van der Waals surface area (Å²) in [6.07, 6.45) is 0.952. The van der Waals surface area contributed by atoms with E-state index >= 15 is 0 Å². The van der Waals surface area contributed by atoms with Gasteiger partial charge in [-0.15, -0.1) is 0 Å². The molecule has 102 valence electrons. The van der Waals surface area contributed by atoms with E-state index in [0.717, 1.165) is 31.9 Å². The molecule has 0 aromatic heterocycles. The minimum absolute atomic E-state index is 0.528. The highest BCUT2D eigenvalue weighted by molar-refractivity contribution is 5.27. The van der Waals surface area contributed by atoms with Crippen LogP contribution in [0.3, 0.4) is 0 Å². The highest BCUT2D eigenvalue weighted by atomic mass is 16.5. The van der Waals surface area contributed by atoms with Gasteiger partial charge in [0.1, 0.15) is 5.75 Å². The molecule has 1 aromatic rings. The third kappa shape index (κ3) is 6.62. The molecule has 0 fully saturated rings. The quantitative estimate of drug-likeness (QED) is 0.684. The molecule has 0 atom stereocenters. The topological polar surface area (TPSA) is 30.5 Å². The molecule has 0 aliphatic heterocycles. The number of benzene rings is 1. The Balaban J connectivity index is 2.11. The lowest BCUT2D eigenvalue weighted by Crippen LogP contribution is -2.26. The standard InChI is InChI=1S/C15H25NO2/c1-4-18-15-7-5-14(6-8-15)9-11-17-12-10-16-13(2)3/h5-8,13,16H,4,9-12H2,1-3H3. The van der Waals surface area contributed by atoms with Crippen LogP contribution in [0.2, 0.25) is 0 Å². The van der Waals surface area contributed by atoms with Crippen LogP contribution in [-0.4, -0.2) is 32.4 Å². The maximum absolute atomic E-state index is 5.57. The van der Waals surface area contributed by atoms with E-state index in [4.69, 9.17) is 9.47 Å². The number of ether oxygens (including phenoxy) is 2. The van der Waals surface area contributed by atoms with E-state index in [1.165, 1.54) is 5.56 Å². The summed E-state index contributed by atoms with van der Waals surface area (Å²) in [6, 6.07) is 8.75. The van der Waals surface area contributed by atoms with Gasteiger partial charge in [0.15, 0.2) is 0 Å². The van der Waals surface area contributed by atoms with Gasteiger partial charge in [-0.05, 0) is 31.0 Å². The van der Waals surface area contributed by atoms with Gasteiger partial charge in [-0.1, -0.05) is 26.0 Å². The molecule has 1 N–H and O–H groups in total. The van der Waals surface area contributed by atoms with Gasteiger partial charge in [-0.3, -0.25) is 0 Å². The van der Waals surface area contributed by atoms with Gasteiger partial charge in [0, 0.05) is 12.6 Å². The van der Waals surface area contributed by atoms with E-state index in [0.29, 0.717) is 12.6 Å². The molecule has 0 unspecified atom stereocenters. The zero-order chi connectivity index (χ0) is 13.2. The highest BCUT2D eigenvalue weighted by Crippen LogP contribution is 2.12. The van der Waals surface area contributed by atoms with Crippen LogP contribution in [0, 0.1) is 0 Å². The Kier molecular flexibility index (Phi) is 7.46. The largest absolute Gasteiger partial charge is 0.494 e. The summed E-state index contributed by atoms with van der Waals surface area (Å²) < 4.78 is 11.0. The van der Waals surface area contributed by atoms with Crippen molar-refractivity contribution in [2.75, 3.05) is 26.4 Å². The molecule has 0 aliphatic rings. The van der Waals surface area contributed by atoms with Gasteiger partial charge in [-0.25, -0.2) is 0 Å². The molecule has 1 aromatic carbocycles. The number of hydrogen-bond acceptors (Lipinski definition) is 3. The fourth-order valence-electron chi connectivity index (χ4n) is 1.63. The molecular formula is C15H25NO2. The lowest BCUT2D eigenvalue weighted by atomic mass is 10.1. The first kappa shape index (κ1) is 15.0. The van der Waals surface area contributed by atoms with Crippen molar-refractivity contribution in [3.05, 3.63) is 29.8 Å². The number of hydrogen-bond donors (Lipinski definition) is 1. The third-order valence-electron chi connectivity index (χ3n) is 2.57. The average Bonchev–Trinajstić information content (AvgIpc) is 2.35. The van der Waals surface area contributed by atoms with Crippen LogP contribution in [0.25, 0.3) is 0 Å². The summed E-state index contributed by atoms with van der Waals surface area (Å²) >= 11 is 0. The second kappa shape index (κ2) is 8.95. The predicted molar refractivity (Wildman–Crippen MR) is 75.3 cm³/mol. The fourth-order valence-corrected chi connectivity index (χ4v) is 1.63. The SMILES string of the molecule is CCOc1ccc(CCOCCNC(C)C)cc1. The van der Waals surface area contributed by atoms with Crippen molar-refractivity contribution in [2.45, 2.75) is 33.2 Å². The van der Waals surface area contributed by atoms with Crippen LogP contribution in [0.4, 0.5) is 0 Å². The van der Waals surface area contributed by atoms with Crippen molar-refractivity contribution >= 4 is 0 Å². The molecule has 0 spiro atoms. The van der Waals surface area contributed by atoms with Crippen LogP contribution in [0.1, 0.15) is 26.3 Å². The van der Waals surface area contributed by atoms with E-state index in [9.17, 15) is 0 Å². The molecule has 3 heteroatoms. The second-order valence-corrected chi connectivity index (χ2v) is 4.55. The molecule has 1 rings (SSSR count). The Hall–Kier alpha value is -1.06. The van der Waals surface area contributed by atoms with Gasteiger partial charge in [0.05, 0.1) is 19.8 Å². The molecule has 18 heavy (non-hydrogen) atoms. The maximum Gasteiger partial charge on any atom is 0.119 e. The van der Waals surface area contributed by atoms with E-state index in [-0.39, 0.29) is 0 Å². The maximum atomic E-state index is 5.57. The third-order valence-corrected chi connectivity index (χ3v) is 2.57. The zero-order valence-corrected chi connectivity index (χ0v) is 11.7. The van der Waals surface area contributed by atoms with Gasteiger partial charge in [0.2, 0.25) is 0 Å². The minimum Gasteiger partial charge on any atom is -0.494 e. The summed E-state index contributed by atoms with van der Waals surface area (Å²) in [5.74, 6) is 0.934. The molecule has 0 saturated carbocycles. The molecule has 0 bridgehead atoms. The monoisotopic (exact) mass is 251 g/mol. The summed E-state index contributed by atoms with van der Waals surface area (Å²) in [5.41, 5.74) is 1.29. The fraction of sp³-hybridized carbons (Fsp3) is 0.600. The van der Waals surface area contributed by atoms with E-state index in [1.54, 1.807) is 0 Å². The zero-order valence-electron chi connectivity index (χ0n) is 11.7. The van der Waals surface area contributed by atoms with Crippen LogP contribution >= 0.6 is 0 Å². The normalized spacial score (nSPS) is 10.9. The van der Waals surface area contributed by atoms with Crippen molar-refractivity contribution < 1.29 is 9.47 Å². The van der Waals surface area contributed by atoms with Gasteiger partial charge >= 0.3 is 0 Å². The summed E-state index contributed by atoms with van der Waals surface area (Å²) in [5, 5.41) is 3.32. The lowest BCUT2D eigenvalue weighted by molar-refractivity contribution is 0.137. The van der Waals surface area contributed by atoms with Crippen LogP contribution in [-0.2, 0) is 11.2 Å². The van der Waals surface area contributed by atoms with Crippen LogP contribution in [0.15, 0.2) is 24.3 Å². The molecule has 0 saturated heterocycles. The molecule has 0 radical (unpaired) electrons. The van der Waals surface area contributed by atoms with Crippen molar-refractivity contribution in [2.24, 2.45) is 0 Å². The summed E-state index contributed by atoms with van der Waals surface area (Å²) in [4.78, 5) is 0. The Bertz CT molecular complexity index is 309. The van der Waals surface area contributed by atoms with Gasteiger partial charge in [0.25, 0.3) is 0 Å². The van der Waals surface area contributed by atoms with Crippen LogP contribution in [0.5, 0.6) is 5.75 Å². The molecule has 0 amide bonds. The van der Waals surface area contributed by atoms with Gasteiger partial charge in [-0.2, -0.15) is 0 Å². The summed E-state index contributed by atoms with van der Waals surface area (Å²) in [6.45, 7) is 9.45. The van der Waals surface area contributed by atoms with Crippen molar-refractivity contribution in [1.82, 2.24) is 5.32 Å². The first-order chi connectivity index (χ1) is 8.72. The Morgan fingerprint density at radius 2 is 1.83 bits per heavy atom. The number of nitrogens with one attached hydrogen (secondary N) is 1. The van der Waals surface area contributed by atoms with Crippen LogP contribution < -0.4 is 10.1 Å². The molecule has 0 aliphatic carbocycles.